The van der Waals surface area contributed by atoms with Gasteiger partial charge < -0.3 is 120 Å². The van der Waals surface area contributed by atoms with Gasteiger partial charge in [-0.15, -0.1) is 0 Å². The predicted octanol–water partition coefficient (Wildman–Crippen LogP) is 0.0629. The van der Waals surface area contributed by atoms with Crippen molar-refractivity contribution in [2.24, 2.45) is 87.3 Å². The molecule has 14 amide bonds. The summed E-state index contributed by atoms with van der Waals surface area (Å²) in [7, 11) is 0. The van der Waals surface area contributed by atoms with Gasteiger partial charge in [-0.3, -0.25) is 71.9 Å². The minimum Gasteiger partial charge on any atom is -0.481 e. The molecule has 0 radical (unpaired) electrons. The van der Waals surface area contributed by atoms with Crippen LogP contribution < -0.4 is 115 Å². The number of rotatable bonds is 68. The molecule has 0 heterocycles. The van der Waals surface area contributed by atoms with E-state index in [4.69, 9.17) is 45.9 Å². The third-order valence-corrected chi connectivity index (χ3v) is 19.9. The van der Waals surface area contributed by atoms with Gasteiger partial charge in [0.05, 0.1) is 6.04 Å². The van der Waals surface area contributed by atoms with E-state index in [9.17, 15) is 77.0 Å². The van der Waals surface area contributed by atoms with E-state index >= 15 is 0 Å². The number of aliphatic carboxylic acids is 1. The number of carboxylic acid groups (broad SMARTS) is 1. The second kappa shape index (κ2) is 62.8. The lowest BCUT2D eigenvalue weighted by molar-refractivity contribution is -0.139. The highest BCUT2D eigenvalue weighted by Gasteiger charge is 2.39. The van der Waals surface area contributed by atoms with Crippen LogP contribution in [-0.4, -0.2) is 218 Å². The third-order valence-electron chi connectivity index (χ3n) is 19.9. The van der Waals surface area contributed by atoms with E-state index in [1.807, 2.05) is 83.1 Å². The molecule has 0 aromatic rings. The Bertz CT molecular complexity index is 3110. The van der Waals surface area contributed by atoms with Crippen molar-refractivity contribution in [1.29, 1.82) is 0 Å². The number of unbranched alkanes of at least 4 members (excludes halogenated alkanes) is 6. The molecule has 30 N–H and O–H groups in total. The van der Waals surface area contributed by atoms with Gasteiger partial charge in [-0.25, -0.2) is 0 Å². The molecular weight excluding hydrogens is 1550 g/mol. The molecule has 0 fully saturated rings. The van der Waals surface area contributed by atoms with Crippen molar-refractivity contribution in [3.8, 4) is 0 Å². The van der Waals surface area contributed by atoms with Gasteiger partial charge in [-0.05, 0) is 248 Å². The Morgan fingerprint density at radius 2 is 0.367 bits per heavy atom. The van der Waals surface area contributed by atoms with Gasteiger partial charge in [0.25, 0.3) is 0 Å². The molecule has 0 aliphatic rings. The highest BCUT2D eigenvalue weighted by molar-refractivity contribution is 6.00. The van der Waals surface area contributed by atoms with Crippen molar-refractivity contribution in [3.63, 3.8) is 0 Å². The molecule has 14 atom stereocenters. The molecule has 37 nitrogen and oxygen atoms in total. The fourth-order valence-corrected chi connectivity index (χ4v) is 13.5. The Kier molecular flexibility index (Phi) is 58.5. The standard InChI is InChI=1S/C83H159N21O16/c1-48(2)41-55(90)71(108)100-64(43-50(5)6)79(116)96-57(28-16-22-36-85)73(110)94-61(32-20-26-40-89)77(114)103-68(47-54(13)14)83(120)104-66(45-52(9)10)80(117)97-58(29-17-23-37-86)74(111)93-59(30-18-24-38-87)75(112)101-65(44-51(7)8)81(118)98-62(33-34-69(105)106)78(115)95-56(27-15-21-35-84)72(109)92-60(31-19-25-39-88)76(113)102-67(46-53(11)12)82(119)99-63(70(91)107)42-49(3)4/h48-68H,15-47,84-90H2,1-14H3,(H2,91,107)(H,92,109)(H,93,111)(H,94,110)(H,95,115)(H,96,116)(H,97,117)(H,98,118)(H,99,119)(H,100,108)(H,101,112)(H,102,113)(H,103,114)(H,104,120)(H,105,106)/t55-,56-,57-,58-,59-,60-,61-,62-,63-,64-,65-,66-,67-,68-/m0/s1. The summed E-state index contributed by atoms with van der Waals surface area (Å²) >= 11 is 0. The lowest BCUT2D eigenvalue weighted by Crippen LogP contribution is -2.61. The quantitative estimate of drug-likeness (QED) is 0.0358. The molecule has 0 unspecified atom stereocenters. The van der Waals surface area contributed by atoms with Crippen molar-refractivity contribution >= 4 is 88.7 Å². The summed E-state index contributed by atoms with van der Waals surface area (Å²) in [6.07, 6.45) is 4.59. The number of hydrogen-bond acceptors (Lipinski definition) is 22. The maximum absolute atomic E-state index is 14.8. The summed E-state index contributed by atoms with van der Waals surface area (Å²) in [6.45, 7) is 27.1. The van der Waals surface area contributed by atoms with Crippen LogP contribution >= 0.6 is 0 Å². The summed E-state index contributed by atoms with van der Waals surface area (Å²) in [5, 5.41) is 45.7. The monoisotopic (exact) mass is 1710 g/mol. The fraction of sp³-hybridized carbons (Fsp3) is 0.819. The highest BCUT2D eigenvalue weighted by atomic mass is 16.4. The summed E-state index contributed by atoms with van der Waals surface area (Å²) < 4.78 is 0. The summed E-state index contributed by atoms with van der Waals surface area (Å²) in [4.78, 5) is 212. The molecule has 0 bridgehead atoms. The molecular formula is C83H159N21O16. The van der Waals surface area contributed by atoms with E-state index in [2.05, 4.69) is 69.1 Å². The topological polar surface area (TPSA) is 641 Å². The molecule has 0 aliphatic heterocycles. The largest absolute Gasteiger partial charge is 0.481 e. The van der Waals surface area contributed by atoms with Crippen molar-refractivity contribution in [2.45, 2.75) is 355 Å². The van der Waals surface area contributed by atoms with E-state index in [0.29, 0.717) is 77.2 Å². The van der Waals surface area contributed by atoms with Crippen molar-refractivity contribution in [3.05, 3.63) is 0 Å². The van der Waals surface area contributed by atoms with Crippen molar-refractivity contribution < 1.29 is 77.0 Å². The van der Waals surface area contributed by atoms with Crippen molar-refractivity contribution in [2.75, 3.05) is 39.3 Å². The molecule has 120 heavy (non-hydrogen) atoms. The molecule has 0 aromatic heterocycles. The first-order valence-corrected chi connectivity index (χ1v) is 43.9. The van der Waals surface area contributed by atoms with E-state index < -0.39 is 186 Å². The zero-order valence-electron chi connectivity index (χ0n) is 74.6. The summed E-state index contributed by atoms with van der Waals surface area (Å²) in [5.74, 6) is -13.0. The van der Waals surface area contributed by atoms with Crippen LogP contribution in [0.4, 0.5) is 0 Å². The van der Waals surface area contributed by atoms with Gasteiger partial charge >= 0.3 is 5.97 Å². The molecule has 0 rings (SSSR count). The van der Waals surface area contributed by atoms with E-state index in [-0.39, 0.29) is 164 Å². The molecule has 0 aromatic carbocycles. The Morgan fingerprint density at radius 1 is 0.217 bits per heavy atom. The second-order valence-corrected chi connectivity index (χ2v) is 34.9. The molecule has 0 saturated heterocycles. The highest BCUT2D eigenvalue weighted by Crippen LogP contribution is 2.18. The normalized spacial score (nSPS) is 15.1. The van der Waals surface area contributed by atoms with Crippen molar-refractivity contribution in [1.82, 2.24) is 69.1 Å². The Morgan fingerprint density at radius 3 is 0.533 bits per heavy atom. The maximum Gasteiger partial charge on any atom is 0.303 e. The van der Waals surface area contributed by atoms with Crippen LogP contribution in [0.25, 0.3) is 0 Å². The number of carboxylic acids is 1. The van der Waals surface area contributed by atoms with Crippen LogP contribution in [0.15, 0.2) is 0 Å². The molecule has 0 saturated carbocycles. The van der Waals surface area contributed by atoms with Crippen LogP contribution in [0, 0.1) is 41.4 Å². The summed E-state index contributed by atoms with van der Waals surface area (Å²) in [5.41, 5.74) is 47.1. The van der Waals surface area contributed by atoms with Gasteiger partial charge in [0.2, 0.25) is 82.7 Å². The number of hydrogen-bond donors (Lipinski definition) is 22. The minimum atomic E-state index is -1.65. The Labute approximate surface area is 713 Å². The van der Waals surface area contributed by atoms with E-state index in [0.717, 1.165) is 0 Å². The fourth-order valence-electron chi connectivity index (χ4n) is 13.5. The average molecular weight is 1710 g/mol. The van der Waals surface area contributed by atoms with Gasteiger partial charge in [-0.2, -0.15) is 0 Å². The molecule has 37 heteroatoms. The molecule has 0 spiro atoms. The zero-order valence-corrected chi connectivity index (χ0v) is 74.6. The van der Waals surface area contributed by atoms with Gasteiger partial charge in [0.15, 0.2) is 0 Å². The molecule has 692 valence electrons. The molecule has 0 aliphatic carbocycles. The smallest absolute Gasteiger partial charge is 0.303 e. The average Bonchev–Trinajstić information content (AvgIpc) is 0.844. The van der Waals surface area contributed by atoms with Crippen LogP contribution in [0.3, 0.4) is 0 Å². The van der Waals surface area contributed by atoms with E-state index in [1.165, 1.54) is 0 Å². The number of primary amides is 1. The van der Waals surface area contributed by atoms with Crippen LogP contribution in [0.5, 0.6) is 0 Å². The summed E-state index contributed by atoms with van der Waals surface area (Å²) in [6, 6.07) is -17.7. The lowest BCUT2D eigenvalue weighted by atomic mass is 9.98. The first-order valence-electron chi connectivity index (χ1n) is 43.9. The second-order valence-electron chi connectivity index (χ2n) is 34.9. The maximum atomic E-state index is 14.8. The number of carbonyl (C=O) groups is 15. The van der Waals surface area contributed by atoms with Gasteiger partial charge in [0, 0.05) is 6.42 Å². The van der Waals surface area contributed by atoms with Crippen LogP contribution in [0.2, 0.25) is 0 Å². The van der Waals surface area contributed by atoms with Gasteiger partial charge in [0.1, 0.15) is 78.5 Å². The predicted molar refractivity (Wildman–Crippen MR) is 463 cm³/mol. The first-order chi connectivity index (χ1) is 56.5. The Balaban J connectivity index is 7.46. The minimum absolute atomic E-state index is 0.00535. The third kappa shape index (κ3) is 49.0. The number of nitrogens with one attached hydrogen (secondary N) is 13. The number of carbonyl (C=O) groups excluding carboxylic acids is 14. The SMILES string of the molecule is CC(C)C[C@H](NC(=O)[C@H](CC(C)C)NC(=O)[C@H](CCCCN)NC(=O)[C@H](CCCCN)NC(=O)[C@H](CCC(=O)O)NC(=O)[C@H](CC(C)C)NC(=O)[C@H](CCCCN)NC(=O)[C@H](CCCCN)NC(=O)[C@H](CC(C)C)NC(=O)[C@H](CC(C)C)NC(=O)[C@H](CCCCN)NC(=O)[C@H](CCCCN)NC(=O)[C@H](CC(C)C)NC(=O)[C@@H](N)CC(C)C)C(N)=O. The number of amides is 14. The zero-order chi connectivity index (χ0) is 91.3. The lowest BCUT2D eigenvalue weighted by Gasteiger charge is -2.29. The Hall–Kier alpha value is -8.23. The van der Waals surface area contributed by atoms with Crippen LogP contribution in [-0.2, 0) is 71.9 Å². The number of nitrogens with two attached hydrogens (primary N) is 8. The van der Waals surface area contributed by atoms with Gasteiger partial charge in [-0.1, -0.05) is 96.9 Å². The van der Waals surface area contributed by atoms with Crippen LogP contribution in [0.1, 0.15) is 270 Å². The first kappa shape index (κ1) is 112. The van der Waals surface area contributed by atoms with E-state index in [1.54, 1.807) is 13.8 Å².